The monoisotopic (exact) mass is 348 g/mol. The lowest BCUT2D eigenvalue weighted by Gasteiger charge is -2.15. The number of thioether (sulfide) groups is 1. The SMILES string of the molecule is CCC1(C)CSC(Nc2ccc3cc(Br)ccc3c2)=N1. The maximum Gasteiger partial charge on any atom is 0.161 e. The second kappa shape index (κ2) is 5.41. The zero-order valence-electron chi connectivity index (χ0n) is 11.6. The lowest BCUT2D eigenvalue weighted by atomic mass is 10.0. The Balaban J connectivity index is 1.85. The molecule has 1 heterocycles. The first-order chi connectivity index (χ1) is 9.58. The minimum Gasteiger partial charge on any atom is -0.335 e. The molecule has 20 heavy (non-hydrogen) atoms. The molecule has 0 amide bonds. The minimum absolute atomic E-state index is 0.0920. The Labute approximate surface area is 132 Å². The second-order valence-electron chi connectivity index (χ2n) is 5.39. The van der Waals surface area contributed by atoms with Crippen LogP contribution in [0.4, 0.5) is 5.69 Å². The van der Waals surface area contributed by atoms with Crippen molar-refractivity contribution in [1.29, 1.82) is 0 Å². The summed E-state index contributed by atoms with van der Waals surface area (Å²) in [6, 6.07) is 12.8. The number of fused-ring (bicyclic) bond motifs is 1. The summed E-state index contributed by atoms with van der Waals surface area (Å²) in [7, 11) is 0. The van der Waals surface area contributed by atoms with Crippen LogP contribution in [-0.4, -0.2) is 16.5 Å². The van der Waals surface area contributed by atoms with E-state index < -0.39 is 0 Å². The first kappa shape index (κ1) is 14.0. The van der Waals surface area contributed by atoms with Gasteiger partial charge in [0.05, 0.1) is 5.54 Å². The van der Waals surface area contributed by atoms with Crippen LogP contribution in [0.15, 0.2) is 45.9 Å². The topological polar surface area (TPSA) is 24.4 Å². The van der Waals surface area contributed by atoms with E-state index in [1.165, 1.54) is 10.8 Å². The third-order valence-corrected chi connectivity index (χ3v) is 5.43. The Morgan fingerprint density at radius 1 is 1.25 bits per heavy atom. The maximum atomic E-state index is 4.79. The lowest BCUT2D eigenvalue weighted by molar-refractivity contribution is 0.523. The summed E-state index contributed by atoms with van der Waals surface area (Å²) >= 11 is 5.31. The number of nitrogens with one attached hydrogen (secondary N) is 1. The molecule has 1 unspecified atom stereocenters. The molecule has 0 bridgehead atoms. The number of rotatable bonds is 2. The molecule has 0 fully saturated rings. The normalized spacial score (nSPS) is 22.1. The number of nitrogens with zero attached hydrogens (tertiary/aromatic N) is 1. The molecule has 0 spiro atoms. The van der Waals surface area contributed by atoms with Crippen molar-refractivity contribution >= 4 is 49.3 Å². The molecule has 0 aromatic heterocycles. The standard InChI is InChI=1S/C16H17BrN2S/c1-3-16(2)10-20-15(19-16)18-14-7-5-11-8-13(17)6-4-12(11)9-14/h4-9H,3,10H2,1-2H3,(H,18,19). The summed E-state index contributed by atoms with van der Waals surface area (Å²) < 4.78 is 1.11. The molecule has 0 saturated carbocycles. The van der Waals surface area contributed by atoms with E-state index >= 15 is 0 Å². The van der Waals surface area contributed by atoms with Crippen LogP contribution in [-0.2, 0) is 0 Å². The fraction of sp³-hybridized carbons (Fsp3) is 0.312. The molecular weight excluding hydrogens is 332 g/mol. The van der Waals surface area contributed by atoms with Gasteiger partial charge in [0.1, 0.15) is 0 Å². The molecule has 0 aliphatic carbocycles. The Morgan fingerprint density at radius 2 is 2.00 bits per heavy atom. The third kappa shape index (κ3) is 2.86. The van der Waals surface area contributed by atoms with E-state index in [4.69, 9.17) is 4.99 Å². The second-order valence-corrected chi connectivity index (χ2v) is 7.27. The molecule has 2 aromatic carbocycles. The van der Waals surface area contributed by atoms with Crippen molar-refractivity contribution in [3.05, 3.63) is 40.9 Å². The van der Waals surface area contributed by atoms with Crippen LogP contribution in [0, 0.1) is 0 Å². The number of aliphatic imine (C=N–C) groups is 1. The largest absolute Gasteiger partial charge is 0.335 e. The van der Waals surface area contributed by atoms with Crippen molar-refractivity contribution in [1.82, 2.24) is 0 Å². The summed E-state index contributed by atoms with van der Waals surface area (Å²) in [5.74, 6) is 1.06. The molecule has 1 N–H and O–H groups in total. The molecular formula is C16H17BrN2S. The molecule has 1 atom stereocenters. The van der Waals surface area contributed by atoms with Gasteiger partial charge in [-0.2, -0.15) is 0 Å². The van der Waals surface area contributed by atoms with Crippen molar-refractivity contribution in [2.75, 3.05) is 11.1 Å². The number of anilines is 1. The average molecular weight is 349 g/mol. The first-order valence-electron chi connectivity index (χ1n) is 6.77. The zero-order chi connectivity index (χ0) is 14.2. The fourth-order valence-corrected chi connectivity index (χ4v) is 3.77. The first-order valence-corrected chi connectivity index (χ1v) is 8.55. The van der Waals surface area contributed by atoms with Gasteiger partial charge in [-0.05, 0) is 48.4 Å². The highest BCUT2D eigenvalue weighted by Gasteiger charge is 2.28. The van der Waals surface area contributed by atoms with Gasteiger partial charge in [0.15, 0.2) is 5.17 Å². The van der Waals surface area contributed by atoms with Gasteiger partial charge in [0.25, 0.3) is 0 Å². The number of hydrogen-bond donors (Lipinski definition) is 1. The summed E-state index contributed by atoms with van der Waals surface area (Å²) in [5, 5.41) is 6.95. The van der Waals surface area contributed by atoms with E-state index in [9.17, 15) is 0 Å². The van der Waals surface area contributed by atoms with E-state index in [1.54, 1.807) is 0 Å². The molecule has 2 nitrogen and oxygen atoms in total. The number of hydrogen-bond acceptors (Lipinski definition) is 3. The van der Waals surface area contributed by atoms with Crippen molar-refractivity contribution in [2.24, 2.45) is 4.99 Å². The van der Waals surface area contributed by atoms with E-state index in [1.807, 2.05) is 11.8 Å². The van der Waals surface area contributed by atoms with Crippen molar-refractivity contribution in [3.63, 3.8) is 0 Å². The smallest absolute Gasteiger partial charge is 0.161 e. The van der Waals surface area contributed by atoms with Gasteiger partial charge in [-0.3, -0.25) is 4.99 Å². The van der Waals surface area contributed by atoms with Gasteiger partial charge in [-0.1, -0.05) is 46.7 Å². The van der Waals surface area contributed by atoms with Crippen LogP contribution in [0.3, 0.4) is 0 Å². The molecule has 1 aliphatic heterocycles. The van der Waals surface area contributed by atoms with Crippen LogP contribution >= 0.6 is 27.7 Å². The quantitative estimate of drug-likeness (QED) is 0.797. The van der Waals surface area contributed by atoms with Crippen LogP contribution < -0.4 is 5.32 Å². The van der Waals surface area contributed by atoms with Gasteiger partial charge in [-0.25, -0.2) is 0 Å². The highest BCUT2D eigenvalue weighted by atomic mass is 79.9. The predicted octanol–water partition coefficient (Wildman–Crippen LogP) is 5.29. The lowest BCUT2D eigenvalue weighted by Crippen LogP contribution is -2.20. The predicted molar refractivity (Wildman–Crippen MR) is 93.9 cm³/mol. The molecule has 2 aromatic rings. The maximum absolute atomic E-state index is 4.79. The Morgan fingerprint density at radius 3 is 2.75 bits per heavy atom. The number of benzene rings is 2. The summed E-state index contributed by atoms with van der Waals surface area (Å²) in [6.45, 7) is 4.41. The van der Waals surface area contributed by atoms with Gasteiger partial charge >= 0.3 is 0 Å². The third-order valence-electron chi connectivity index (χ3n) is 3.71. The van der Waals surface area contributed by atoms with E-state index in [2.05, 4.69) is 71.5 Å². The molecule has 104 valence electrons. The summed E-state index contributed by atoms with van der Waals surface area (Å²) in [6.07, 6.45) is 1.08. The molecule has 0 saturated heterocycles. The van der Waals surface area contributed by atoms with Gasteiger partial charge < -0.3 is 5.32 Å². The molecule has 1 aliphatic rings. The summed E-state index contributed by atoms with van der Waals surface area (Å²) in [5.41, 5.74) is 1.20. The van der Waals surface area contributed by atoms with Crippen molar-refractivity contribution in [3.8, 4) is 0 Å². The van der Waals surface area contributed by atoms with Crippen molar-refractivity contribution < 1.29 is 0 Å². The Kier molecular flexibility index (Phi) is 3.78. The Bertz CT molecular complexity index is 683. The molecule has 3 rings (SSSR count). The van der Waals surface area contributed by atoms with Crippen LogP contribution in [0.5, 0.6) is 0 Å². The van der Waals surface area contributed by atoms with Crippen LogP contribution in [0.2, 0.25) is 0 Å². The fourth-order valence-electron chi connectivity index (χ4n) is 2.20. The van der Waals surface area contributed by atoms with Crippen molar-refractivity contribution in [2.45, 2.75) is 25.8 Å². The van der Waals surface area contributed by atoms with Gasteiger partial charge in [0, 0.05) is 15.9 Å². The van der Waals surface area contributed by atoms with E-state index in [0.29, 0.717) is 0 Å². The number of amidine groups is 1. The molecule has 4 heteroatoms. The minimum atomic E-state index is 0.0920. The van der Waals surface area contributed by atoms with E-state index in [-0.39, 0.29) is 5.54 Å². The van der Waals surface area contributed by atoms with Gasteiger partial charge in [0.2, 0.25) is 0 Å². The van der Waals surface area contributed by atoms with Crippen LogP contribution in [0.25, 0.3) is 10.8 Å². The van der Waals surface area contributed by atoms with E-state index in [0.717, 1.165) is 27.5 Å². The van der Waals surface area contributed by atoms with Crippen LogP contribution in [0.1, 0.15) is 20.3 Å². The number of halogens is 1. The zero-order valence-corrected chi connectivity index (χ0v) is 14.0. The highest BCUT2D eigenvalue weighted by molar-refractivity contribution is 9.10. The molecule has 0 radical (unpaired) electrons. The highest BCUT2D eigenvalue weighted by Crippen LogP contribution is 2.31. The average Bonchev–Trinajstić information content (AvgIpc) is 2.81. The summed E-state index contributed by atoms with van der Waals surface area (Å²) in [4.78, 5) is 4.79. The Hall–Kier alpha value is -1.00. The van der Waals surface area contributed by atoms with Gasteiger partial charge in [-0.15, -0.1) is 0 Å².